The van der Waals surface area contributed by atoms with Gasteiger partial charge in [0.1, 0.15) is 6.54 Å². The molecule has 0 bridgehead atoms. The zero-order valence-electron chi connectivity index (χ0n) is 14.4. The summed E-state index contributed by atoms with van der Waals surface area (Å²) in [5, 5.41) is 0. The van der Waals surface area contributed by atoms with Crippen LogP contribution < -0.4 is 4.90 Å². The Morgan fingerprint density at radius 3 is 2.08 bits per heavy atom. The number of amides is 1. The van der Waals surface area contributed by atoms with Gasteiger partial charge in [-0.05, 0) is 5.56 Å². The van der Waals surface area contributed by atoms with Crippen molar-refractivity contribution in [3.63, 3.8) is 0 Å². The van der Waals surface area contributed by atoms with Gasteiger partial charge in [-0.25, -0.2) is 0 Å². The van der Waals surface area contributed by atoms with Crippen LogP contribution in [0.4, 0.5) is 0 Å². The van der Waals surface area contributed by atoms with Gasteiger partial charge < -0.3 is 9.80 Å². The largest absolute Gasteiger partial charge is 0.342 e. The Hall–Kier alpha value is -2.13. The monoisotopic (exact) mass is 323 g/mol. The maximum atomic E-state index is 12.5. The van der Waals surface area contributed by atoms with E-state index < -0.39 is 0 Å². The summed E-state index contributed by atoms with van der Waals surface area (Å²) < 4.78 is 0. The van der Waals surface area contributed by atoms with Gasteiger partial charge in [-0.15, -0.1) is 0 Å². The van der Waals surface area contributed by atoms with Gasteiger partial charge in [0, 0.05) is 31.5 Å². The molecule has 2 aromatic carbocycles. The van der Waals surface area contributed by atoms with Gasteiger partial charge in [-0.2, -0.15) is 0 Å². The molecule has 1 aliphatic rings. The highest BCUT2D eigenvalue weighted by atomic mass is 16.2. The number of hydrogen-bond donors (Lipinski definition) is 1. The van der Waals surface area contributed by atoms with E-state index >= 15 is 0 Å². The lowest BCUT2D eigenvalue weighted by molar-refractivity contribution is -0.921. The van der Waals surface area contributed by atoms with Crippen LogP contribution in [-0.2, 0) is 17.8 Å². The van der Waals surface area contributed by atoms with E-state index in [4.69, 9.17) is 0 Å². The number of quaternary nitrogens is 1. The lowest BCUT2D eigenvalue weighted by Gasteiger charge is -2.34. The van der Waals surface area contributed by atoms with Crippen LogP contribution in [0.5, 0.6) is 0 Å². The van der Waals surface area contributed by atoms with E-state index in [0.717, 1.165) is 38.0 Å². The van der Waals surface area contributed by atoms with Crippen LogP contribution >= 0.6 is 0 Å². The molecule has 3 heteroatoms. The SMILES string of the molecule is C[NH+](Cc1ccccc1)C1CCN(C(=O)Cc2ccccc2)CC1. The van der Waals surface area contributed by atoms with E-state index in [1.165, 1.54) is 5.56 Å². The maximum Gasteiger partial charge on any atom is 0.226 e. The van der Waals surface area contributed by atoms with Gasteiger partial charge in [-0.1, -0.05) is 60.7 Å². The van der Waals surface area contributed by atoms with Crippen LogP contribution in [0.1, 0.15) is 24.0 Å². The first-order valence-electron chi connectivity index (χ1n) is 8.90. The molecule has 1 aliphatic heterocycles. The minimum absolute atomic E-state index is 0.264. The van der Waals surface area contributed by atoms with Crippen molar-refractivity contribution in [3.05, 3.63) is 71.8 Å². The highest BCUT2D eigenvalue weighted by molar-refractivity contribution is 5.78. The second-order valence-corrected chi connectivity index (χ2v) is 6.83. The average Bonchev–Trinajstić information content (AvgIpc) is 2.63. The fourth-order valence-corrected chi connectivity index (χ4v) is 3.57. The van der Waals surface area contributed by atoms with Crippen molar-refractivity contribution in [3.8, 4) is 0 Å². The second kappa shape index (κ2) is 8.11. The average molecular weight is 323 g/mol. The number of carbonyl (C=O) groups excluding carboxylic acids is 1. The molecule has 1 amide bonds. The first kappa shape index (κ1) is 16.7. The lowest BCUT2D eigenvalue weighted by atomic mass is 10.0. The number of nitrogens with one attached hydrogen (secondary N) is 1. The Bertz CT molecular complexity index is 633. The number of hydrogen-bond acceptors (Lipinski definition) is 1. The molecular weight excluding hydrogens is 296 g/mol. The van der Waals surface area contributed by atoms with Crippen LogP contribution in [0.2, 0.25) is 0 Å². The Kier molecular flexibility index (Phi) is 5.65. The summed E-state index contributed by atoms with van der Waals surface area (Å²) in [5.74, 6) is 0.264. The molecular formula is C21H27N2O+. The molecule has 3 rings (SSSR count). The van der Waals surface area contributed by atoms with Crippen molar-refractivity contribution in [2.45, 2.75) is 31.8 Å². The Labute approximate surface area is 144 Å². The Balaban J connectivity index is 1.47. The minimum Gasteiger partial charge on any atom is -0.342 e. The lowest BCUT2D eigenvalue weighted by Crippen LogP contribution is -3.12. The molecule has 2 aromatic rings. The van der Waals surface area contributed by atoms with Crippen LogP contribution in [0.25, 0.3) is 0 Å². The van der Waals surface area contributed by atoms with Crippen LogP contribution in [-0.4, -0.2) is 37.0 Å². The van der Waals surface area contributed by atoms with Gasteiger partial charge in [0.2, 0.25) is 5.91 Å². The summed E-state index contributed by atoms with van der Waals surface area (Å²) in [5.41, 5.74) is 2.49. The maximum absolute atomic E-state index is 12.5. The van der Waals surface area contributed by atoms with E-state index in [1.807, 2.05) is 35.2 Å². The molecule has 1 N–H and O–H groups in total. The highest BCUT2D eigenvalue weighted by Crippen LogP contribution is 2.11. The minimum atomic E-state index is 0.264. The van der Waals surface area contributed by atoms with Gasteiger partial charge in [0.05, 0.1) is 19.5 Å². The number of piperidine rings is 1. The molecule has 0 spiro atoms. The highest BCUT2D eigenvalue weighted by Gasteiger charge is 2.27. The Morgan fingerprint density at radius 1 is 0.958 bits per heavy atom. The van der Waals surface area contributed by atoms with Crippen LogP contribution in [0.3, 0.4) is 0 Å². The summed E-state index contributed by atoms with van der Waals surface area (Å²) >= 11 is 0. The van der Waals surface area contributed by atoms with E-state index in [0.29, 0.717) is 12.5 Å². The zero-order chi connectivity index (χ0) is 16.8. The number of nitrogens with zero attached hydrogens (tertiary/aromatic N) is 1. The number of benzene rings is 2. The number of rotatable bonds is 5. The summed E-state index contributed by atoms with van der Waals surface area (Å²) in [4.78, 5) is 16.0. The fraction of sp³-hybridized carbons (Fsp3) is 0.381. The van der Waals surface area contributed by atoms with E-state index in [-0.39, 0.29) is 5.91 Å². The van der Waals surface area contributed by atoms with E-state index in [1.54, 1.807) is 4.90 Å². The third-order valence-corrected chi connectivity index (χ3v) is 5.07. The molecule has 0 saturated carbocycles. The summed E-state index contributed by atoms with van der Waals surface area (Å²) in [6.07, 6.45) is 2.72. The predicted molar refractivity (Wildman–Crippen MR) is 96.8 cm³/mol. The normalized spacial score (nSPS) is 16.8. The van der Waals surface area contributed by atoms with Crippen molar-refractivity contribution in [1.29, 1.82) is 0 Å². The fourth-order valence-electron chi connectivity index (χ4n) is 3.57. The molecule has 3 nitrogen and oxygen atoms in total. The van der Waals surface area contributed by atoms with Crippen molar-refractivity contribution in [1.82, 2.24) is 4.90 Å². The molecule has 1 fully saturated rings. The van der Waals surface area contributed by atoms with Crippen LogP contribution in [0.15, 0.2) is 60.7 Å². The van der Waals surface area contributed by atoms with Crippen molar-refractivity contribution < 1.29 is 9.69 Å². The van der Waals surface area contributed by atoms with E-state index in [2.05, 4.69) is 37.4 Å². The van der Waals surface area contributed by atoms with Gasteiger partial charge in [-0.3, -0.25) is 4.79 Å². The van der Waals surface area contributed by atoms with Gasteiger partial charge in [0.25, 0.3) is 0 Å². The molecule has 24 heavy (non-hydrogen) atoms. The topological polar surface area (TPSA) is 24.8 Å². The standard InChI is InChI=1S/C21H26N2O/c1-22(17-19-10-6-3-7-11-19)20-12-14-23(15-13-20)21(24)16-18-8-4-2-5-9-18/h2-11,20H,12-17H2,1H3/p+1. The van der Waals surface area contributed by atoms with Crippen molar-refractivity contribution >= 4 is 5.91 Å². The second-order valence-electron chi connectivity index (χ2n) is 6.83. The van der Waals surface area contributed by atoms with Gasteiger partial charge in [0.15, 0.2) is 0 Å². The third kappa shape index (κ3) is 4.45. The summed E-state index contributed by atoms with van der Waals surface area (Å²) in [6, 6.07) is 21.4. The van der Waals surface area contributed by atoms with Crippen LogP contribution in [0, 0.1) is 0 Å². The smallest absolute Gasteiger partial charge is 0.226 e. The van der Waals surface area contributed by atoms with E-state index in [9.17, 15) is 4.79 Å². The molecule has 0 radical (unpaired) electrons. The van der Waals surface area contributed by atoms with Crippen molar-refractivity contribution in [2.24, 2.45) is 0 Å². The van der Waals surface area contributed by atoms with Crippen molar-refractivity contribution in [2.75, 3.05) is 20.1 Å². The predicted octanol–water partition coefficient (Wildman–Crippen LogP) is 1.93. The third-order valence-electron chi connectivity index (χ3n) is 5.07. The first-order chi connectivity index (χ1) is 11.7. The summed E-state index contributed by atoms with van der Waals surface area (Å²) in [7, 11) is 2.28. The molecule has 1 heterocycles. The molecule has 1 unspecified atom stereocenters. The van der Waals surface area contributed by atoms with Gasteiger partial charge >= 0.3 is 0 Å². The molecule has 1 atom stereocenters. The molecule has 126 valence electrons. The number of likely N-dealkylation sites (tertiary alicyclic amines) is 1. The first-order valence-corrected chi connectivity index (χ1v) is 8.90. The molecule has 0 aliphatic carbocycles. The molecule has 0 aromatic heterocycles. The molecule has 1 saturated heterocycles. The quantitative estimate of drug-likeness (QED) is 0.894. The Morgan fingerprint density at radius 2 is 1.50 bits per heavy atom. The number of carbonyl (C=O) groups is 1. The summed E-state index contributed by atoms with van der Waals surface area (Å²) in [6.45, 7) is 2.84. The zero-order valence-corrected chi connectivity index (χ0v) is 14.4.